The van der Waals surface area contributed by atoms with E-state index in [0.29, 0.717) is 6.42 Å². The van der Waals surface area contributed by atoms with Crippen molar-refractivity contribution < 1.29 is 28.0 Å². The van der Waals surface area contributed by atoms with Gasteiger partial charge in [0.1, 0.15) is 18.0 Å². The fourth-order valence-corrected chi connectivity index (χ4v) is 5.68. The summed E-state index contributed by atoms with van der Waals surface area (Å²) < 4.78 is 18.8. The van der Waals surface area contributed by atoms with Gasteiger partial charge in [-0.1, -0.05) is 41.5 Å². The Morgan fingerprint density at radius 1 is 0.939 bits per heavy atom. The zero-order valence-electron chi connectivity index (χ0n) is 23.1. The van der Waals surface area contributed by atoms with Gasteiger partial charge in [-0.15, -0.1) is 0 Å². The van der Waals surface area contributed by atoms with Crippen LogP contribution in [-0.4, -0.2) is 63.7 Å². The molecule has 1 heterocycles. The molecule has 0 bridgehead atoms. The summed E-state index contributed by atoms with van der Waals surface area (Å²) in [7, 11) is -4.73. The predicted octanol–water partition coefficient (Wildman–Crippen LogP) is 5.89. The van der Waals surface area contributed by atoms with Gasteiger partial charge in [-0.05, 0) is 63.5 Å². The number of amides is 2. The third-order valence-electron chi connectivity index (χ3n) is 7.16. The van der Waals surface area contributed by atoms with E-state index in [-0.39, 0.29) is 22.4 Å². The molecular formula is C24H47NO6Si2. The molecule has 2 amide bonds. The summed E-state index contributed by atoms with van der Waals surface area (Å²) in [5.41, 5.74) is -0.748. The van der Waals surface area contributed by atoms with Gasteiger partial charge in [0.2, 0.25) is 5.91 Å². The van der Waals surface area contributed by atoms with Crippen molar-refractivity contribution in [3.05, 3.63) is 0 Å². The van der Waals surface area contributed by atoms with Crippen LogP contribution in [-0.2, 0) is 23.2 Å². The standard InChI is InChI=1S/C24H47NO6Si2/c1-22(2,3)29-21(28)25-17(14-15-19(25)27)20(31-33(12,13)24(7,8)9)18(16-26)30-32(10,11)23(4,5)6/h16-18,20H,14-15H2,1-13H3/t17-,18-,20+/m1/s1. The average Bonchev–Trinajstić information content (AvgIpc) is 2.95. The number of ether oxygens (including phenoxy) is 1. The summed E-state index contributed by atoms with van der Waals surface area (Å²) in [6, 6.07) is -0.624. The van der Waals surface area contributed by atoms with E-state index >= 15 is 0 Å². The molecule has 0 radical (unpaired) electrons. The normalized spacial score (nSPS) is 20.6. The molecular weight excluding hydrogens is 454 g/mol. The van der Waals surface area contributed by atoms with Crippen LogP contribution < -0.4 is 0 Å². The number of imide groups is 1. The van der Waals surface area contributed by atoms with Gasteiger partial charge in [-0.3, -0.25) is 4.79 Å². The van der Waals surface area contributed by atoms with Gasteiger partial charge < -0.3 is 18.4 Å². The van der Waals surface area contributed by atoms with Gasteiger partial charge in [0.15, 0.2) is 16.6 Å². The maximum absolute atomic E-state index is 13.0. The number of carbonyl (C=O) groups excluding carboxylic acids is 3. The number of hydrogen-bond acceptors (Lipinski definition) is 6. The fourth-order valence-electron chi connectivity index (χ4n) is 3.14. The van der Waals surface area contributed by atoms with Crippen molar-refractivity contribution in [1.29, 1.82) is 0 Å². The van der Waals surface area contributed by atoms with Crippen molar-refractivity contribution >= 4 is 34.9 Å². The lowest BCUT2D eigenvalue weighted by Crippen LogP contribution is -2.59. The lowest BCUT2D eigenvalue weighted by Gasteiger charge is -2.46. The molecule has 1 aliphatic heterocycles. The Kier molecular flexibility index (Phi) is 9.01. The molecule has 0 aromatic carbocycles. The topological polar surface area (TPSA) is 82.1 Å². The Hall–Kier alpha value is -1.04. The first-order valence-electron chi connectivity index (χ1n) is 11.9. The van der Waals surface area contributed by atoms with E-state index in [0.717, 1.165) is 11.2 Å². The zero-order chi connectivity index (χ0) is 26.2. The van der Waals surface area contributed by atoms with E-state index in [9.17, 15) is 14.4 Å². The summed E-state index contributed by atoms with van der Waals surface area (Å²) in [6.45, 7) is 26.3. The van der Waals surface area contributed by atoms with E-state index in [1.165, 1.54) is 0 Å². The SMILES string of the molecule is CC(C)(C)OC(=O)N1C(=O)CC[C@@H]1[C@H](O[Si](C)(C)C(C)(C)C)[C@@H](C=O)O[Si](C)(C)C(C)(C)C. The van der Waals surface area contributed by atoms with Crippen LogP contribution in [0.15, 0.2) is 0 Å². The molecule has 0 saturated carbocycles. The van der Waals surface area contributed by atoms with Crippen LogP contribution in [0.4, 0.5) is 4.79 Å². The third kappa shape index (κ3) is 7.47. The molecule has 7 nitrogen and oxygen atoms in total. The van der Waals surface area contributed by atoms with Crippen molar-refractivity contribution in [2.75, 3.05) is 0 Å². The highest BCUT2D eigenvalue weighted by molar-refractivity contribution is 6.74. The van der Waals surface area contributed by atoms with Crippen molar-refractivity contribution in [2.45, 2.75) is 135 Å². The van der Waals surface area contributed by atoms with E-state index in [1.54, 1.807) is 20.8 Å². The summed E-state index contributed by atoms with van der Waals surface area (Å²) >= 11 is 0. The minimum Gasteiger partial charge on any atom is -0.443 e. The third-order valence-corrected chi connectivity index (χ3v) is 16.1. The van der Waals surface area contributed by atoms with Crippen molar-refractivity contribution in [1.82, 2.24) is 4.90 Å². The van der Waals surface area contributed by atoms with Crippen LogP contribution in [0.2, 0.25) is 36.3 Å². The maximum Gasteiger partial charge on any atom is 0.417 e. The summed E-state index contributed by atoms with van der Waals surface area (Å²) in [6.07, 6.45) is -0.947. The van der Waals surface area contributed by atoms with Gasteiger partial charge in [0.05, 0.1) is 12.1 Å². The molecule has 0 N–H and O–H groups in total. The predicted molar refractivity (Wildman–Crippen MR) is 136 cm³/mol. The molecule has 1 fully saturated rings. The molecule has 1 rings (SSSR count). The number of rotatable bonds is 7. The second-order valence-corrected chi connectivity index (χ2v) is 22.7. The highest BCUT2D eigenvalue weighted by Gasteiger charge is 2.51. The monoisotopic (exact) mass is 501 g/mol. The van der Waals surface area contributed by atoms with Gasteiger partial charge in [0, 0.05) is 6.42 Å². The second kappa shape index (κ2) is 9.91. The molecule has 0 aromatic heterocycles. The highest BCUT2D eigenvalue weighted by atomic mass is 28.4. The van der Waals surface area contributed by atoms with Crippen LogP contribution in [0.25, 0.3) is 0 Å². The molecule has 1 saturated heterocycles. The largest absolute Gasteiger partial charge is 0.443 e. The minimum atomic E-state index is -2.38. The van der Waals surface area contributed by atoms with Gasteiger partial charge >= 0.3 is 6.09 Å². The van der Waals surface area contributed by atoms with Crippen molar-refractivity contribution in [3.63, 3.8) is 0 Å². The molecule has 3 atom stereocenters. The average molecular weight is 502 g/mol. The molecule has 9 heteroatoms. The van der Waals surface area contributed by atoms with Crippen LogP contribution in [0.5, 0.6) is 0 Å². The van der Waals surface area contributed by atoms with Gasteiger partial charge in [-0.2, -0.15) is 0 Å². The molecule has 0 aliphatic carbocycles. The number of carbonyl (C=O) groups is 3. The molecule has 0 spiro atoms. The van der Waals surface area contributed by atoms with E-state index in [1.807, 2.05) is 0 Å². The van der Waals surface area contributed by atoms with Crippen LogP contribution in [0, 0.1) is 0 Å². The Morgan fingerprint density at radius 3 is 1.79 bits per heavy atom. The first kappa shape index (κ1) is 30.0. The van der Waals surface area contributed by atoms with E-state index in [2.05, 4.69) is 67.7 Å². The minimum absolute atomic E-state index is 0.119. The lowest BCUT2D eigenvalue weighted by atomic mass is 10.0. The quantitative estimate of drug-likeness (QED) is 0.319. The fraction of sp³-hybridized carbons (Fsp3) is 0.875. The molecule has 192 valence electrons. The summed E-state index contributed by atoms with van der Waals surface area (Å²) in [5.74, 6) is -0.310. The van der Waals surface area contributed by atoms with Crippen LogP contribution >= 0.6 is 0 Å². The second-order valence-electron chi connectivity index (χ2n) is 13.2. The first-order valence-corrected chi connectivity index (χ1v) is 17.7. The molecule has 0 unspecified atom stereocenters. The molecule has 1 aliphatic rings. The lowest BCUT2D eigenvalue weighted by molar-refractivity contribution is -0.132. The van der Waals surface area contributed by atoms with Crippen LogP contribution in [0.3, 0.4) is 0 Å². The van der Waals surface area contributed by atoms with Crippen molar-refractivity contribution in [2.24, 2.45) is 0 Å². The Morgan fingerprint density at radius 2 is 1.39 bits per heavy atom. The summed E-state index contributed by atoms with van der Waals surface area (Å²) in [5, 5.41) is -0.249. The molecule has 0 aromatic rings. The number of hydrogen-bond donors (Lipinski definition) is 0. The maximum atomic E-state index is 13.0. The summed E-state index contributed by atoms with van der Waals surface area (Å²) in [4.78, 5) is 39.4. The zero-order valence-corrected chi connectivity index (χ0v) is 25.1. The number of likely N-dealkylation sites (tertiary alicyclic amines) is 1. The smallest absolute Gasteiger partial charge is 0.417 e. The van der Waals surface area contributed by atoms with Crippen molar-refractivity contribution in [3.8, 4) is 0 Å². The first-order chi connectivity index (χ1) is 14.5. The Labute approximate surface area is 203 Å². The highest BCUT2D eigenvalue weighted by Crippen LogP contribution is 2.42. The van der Waals surface area contributed by atoms with Gasteiger partial charge in [-0.25, -0.2) is 9.69 Å². The van der Waals surface area contributed by atoms with E-state index < -0.39 is 46.6 Å². The van der Waals surface area contributed by atoms with E-state index in [4.69, 9.17) is 13.6 Å². The Bertz CT molecular complexity index is 731. The van der Waals surface area contributed by atoms with Crippen LogP contribution in [0.1, 0.15) is 75.2 Å². The number of nitrogens with zero attached hydrogens (tertiary/aromatic N) is 1. The molecule has 33 heavy (non-hydrogen) atoms. The Balaban J connectivity index is 3.49. The van der Waals surface area contributed by atoms with Gasteiger partial charge in [0.25, 0.3) is 0 Å². The number of aldehydes is 1.